The van der Waals surface area contributed by atoms with E-state index in [1.54, 1.807) is 6.07 Å². The van der Waals surface area contributed by atoms with Crippen LogP contribution in [-0.4, -0.2) is 23.7 Å². The van der Waals surface area contributed by atoms with Gasteiger partial charge in [-0.15, -0.1) is 0 Å². The van der Waals surface area contributed by atoms with Crippen molar-refractivity contribution in [3.8, 4) is 0 Å². The van der Waals surface area contributed by atoms with Gasteiger partial charge >= 0.3 is 0 Å². The van der Waals surface area contributed by atoms with E-state index >= 15 is 0 Å². The fourth-order valence-electron chi connectivity index (χ4n) is 2.45. The van der Waals surface area contributed by atoms with Gasteiger partial charge in [0, 0.05) is 12.1 Å². The number of hydrogen-bond donors (Lipinski definition) is 2. The molecule has 2 N–H and O–H groups in total. The number of hydrogen-bond acceptors (Lipinski definition) is 2. The van der Waals surface area contributed by atoms with Crippen molar-refractivity contribution >= 4 is 21.8 Å². The van der Waals surface area contributed by atoms with Gasteiger partial charge in [0.15, 0.2) is 0 Å². The molecule has 1 aromatic rings. The van der Waals surface area contributed by atoms with Crippen LogP contribution in [0.15, 0.2) is 22.7 Å². The van der Waals surface area contributed by atoms with Gasteiger partial charge in [0.05, 0.1) is 10.6 Å². The zero-order valence-corrected chi connectivity index (χ0v) is 12.1. The lowest BCUT2D eigenvalue weighted by Crippen LogP contribution is -2.35. The molecule has 1 aliphatic rings. The number of benzene rings is 1. The molecule has 0 bridgehead atoms. The highest BCUT2D eigenvalue weighted by Gasteiger charge is 2.23. The third kappa shape index (κ3) is 3.76. The van der Waals surface area contributed by atoms with Crippen LogP contribution in [0.1, 0.15) is 36.0 Å². The lowest BCUT2D eigenvalue weighted by molar-refractivity contribution is 0.0840. The highest BCUT2D eigenvalue weighted by molar-refractivity contribution is 9.10. The van der Waals surface area contributed by atoms with Gasteiger partial charge in [0.25, 0.3) is 5.91 Å². The van der Waals surface area contributed by atoms with E-state index in [-0.39, 0.29) is 23.9 Å². The van der Waals surface area contributed by atoms with E-state index in [0.29, 0.717) is 4.47 Å². The summed E-state index contributed by atoms with van der Waals surface area (Å²) in [6.07, 6.45) is 3.82. The van der Waals surface area contributed by atoms with Crippen molar-refractivity contribution in [2.45, 2.75) is 31.8 Å². The van der Waals surface area contributed by atoms with Crippen LogP contribution in [0.25, 0.3) is 0 Å². The first kappa shape index (κ1) is 14.5. The van der Waals surface area contributed by atoms with Gasteiger partial charge in [-0.2, -0.15) is 0 Å². The lowest BCUT2D eigenvalue weighted by Gasteiger charge is -2.18. The van der Waals surface area contributed by atoms with Crippen LogP contribution >= 0.6 is 15.9 Å². The Balaban J connectivity index is 1.88. The summed E-state index contributed by atoms with van der Waals surface area (Å²) in [4.78, 5) is 11.8. The molecule has 5 heteroatoms. The standard InChI is InChI=1S/C14H17BrFNO2/c15-11-6-5-10(7-12(11)16)14(19)17-8-13(18)9-3-1-2-4-9/h5-7,9,13,18H,1-4,8H2,(H,17,19). The molecule has 1 aromatic carbocycles. The van der Waals surface area contributed by atoms with E-state index < -0.39 is 11.9 Å². The Morgan fingerprint density at radius 3 is 2.79 bits per heavy atom. The normalized spacial score (nSPS) is 17.4. The summed E-state index contributed by atoms with van der Waals surface area (Å²) in [6, 6.07) is 4.23. The van der Waals surface area contributed by atoms with E-state index in [1.807, 2.05) is 0 Å². The first-order chi connectivity index (χ1) is 9.08. The second-order valence-corrected chi connectivity index (χ2v) is 5.81. The summed E-state index contributed by atoms with van der Waals surface area (Å²) in [6.45, 7) is 0.223. The second kappa shape index (κ2) is 6.48. The molecule has 19 heavy (non-hydrogen) atoms. The van der Waals surface area contributed by atoms with Crippen LogP contribution in [0.5, 0.6) is 0 Å². The summed E-state index contributed by atoms with van der Waals surface area (Å²) in [5.41, 5.74) is 0.263. The van der Waals surface area contributed by atoms with Crippen LogP contribution in [0.3, 0.4) is 0 Å². The van der Waals surface area contributed by atoms with Crippen molar-refractivity contribution in [1.29, 1.82) is 0 Å². The molecule has 0 aliphatic heterocycles. The molecular formula is C14H17BrFNO2. The van der Waals surface area contributed by atoms with E-state index in [2.05, 4.69) is 21.2 Å². The van der Waals surface area contributed by atoms with Crippen LogP contribution in [0, 0.1) is 11.7 Å². The van der Waals surface area contributed by atoms with Crippen LogP contribution < -0.4 is 5.32 Å². The van der Waals surface area contributed by atoms with Gasteiger partial charge in [-0.05, 0) is 52.9 Å². The van der Waals surface area contributed by atoms with Gasteiger partial charge in [0.2, 0.25) is 0 Å². The molecule has 0 spiro atoms. The smallest absolute Gasteiger partial charge is 0.251 e. The molecule has 3 nitrogen and oxygen atoms in total. The molecule has 2 rings (SSSR count). The van der Waals surface area contributed by atoms with Gasteiger partial charge in [0.1, 0.15) is 5.82 Å². The first-order valence-corrected chi connectivity index (χ1v) is 7.28. The third-order valence-corrected chi connectivity index (χ3v) is 4.24. The lowest BCUT2D eigenvalue weighted by atomic mass is 10.0. The summed E-state index contributed by atoms with van der Waals surface area (Å²) in [7, 11) is 0. The van der Waals surface area contributed by atoms with Crippen molar-refractivity contribution in [3.05, 3.63) is 34.1 Å². The average Bonchev–Trinajstić information content (AvgIpc) is 2.92. The van der Waals surface area contributed by atoms with E-state index in [9.17, 15) is 14.3 Å². The van der Waals surface area contributed by atoms with Crippen molar-refractivity contribution in [1.82, 2.24) is 5.32 Å². The van der Waals surface area contributed by atoms with Crippen LogP contribution in [0.2, 0.25) is 0 Å². The Kier molecular flexibility index (Phi) is 4.93. The minimum Gasteiger partial charge on any atom is -0.391 e. The zero-order valence-electron chi connectivity index (χ0n) is 10.5. The Labute approximate surface area is 120 Å². The fraction of sp³-hybridized carbons (Fsp3) is 0.500. The minimum atomic E-state index is -0.508. The quantitative estimate of drug-likeness (QED) is 0.892. The van der Waals surface area contributed by atoms with Crippen molar-refractivity contribution in [2.75, 3.05) is 6.54 Å². The highest BCUT2D eigenvalue weighted by atomic mass is 79.9. The van der Waals surface area contributed by atoms with Gasteiger partial charge in [-0.25, -0.2) is 4.39 Å². The number of aliphatic hydroxyl groups is 1. The largest absolute Gasteiger partial charge is 0.391 e. The highest BCUT2D eigenvalue weighted by Crippen LogP contribution is 2.27. The molecule has 0 aromatic heterocycles. The van der Waals surface area contributed by atoms with Crippen molar-refractivity contribution < 1.29 is 14.3 Å². The molecule has 0 heterocycles. The molecule has 0 radical (unpaired) electrons. The van der Waals surface area contributed by atoms with E-state index in [0.717, 1.165) is 25.7 Å². The number of carbonyl (C=O) groups excluding carboxylic acids is 1. The Hall–Kier alpha value is -0.940. The minimum absolute atomic E-state index is 0.223. The van der Waals surface area contributed by atoms with Gasteiger partial charge < -0.3 is 10.4 Å². The average molecular weight is 330 g/mol. The summed E-state index contributed by atoms with van der Waals surface area (Å²) < 4.78 is 13.6. The maximum Gasteiger partial charge on any atom is 0.251 e. The molecule has 1 amide bonds. The number of amides is 1. The van der Waals surface area contributed by atoms with Crippen molar-refractivity contribution in [3.63, 3.8) is 0 Å². The SMILES string of the molecule is O=C(NCC(O)C1CCCC1)c1ccc(Br)c(F)c1. The number of halogens is 2. The molecule has 1 fully saturated rings. The molecule has 1 unspecified atom stereocenters. The monoisotopic (exact) mass is 329 g/mol. The molecule has 1 atom stereocenters. The summed E-state index contributed by atoms with van der Waals surface area (Å²) in [5.74, 6) is -0.547. The summed E-state index contributed by atoms with van der Waals surface area (Å²) in [5, 5.41) is 12.6. The van der Waals surface area contributed by atoms with Crippen molar-refractivity contribution in [2.24, 2.45) is 5.92 Å². The first-order valence-electron chi connectivity index (χ1n) is 6.49. The molecule has 0 saturated heterocycles. The fourth-order valence-corrected chi connectivity index (χ4v) is 2.69. The topological polar surface area (TPSA) is 49.3 Å². The number of carbonyl (C=O) groups is 1. The molecule has 1 saturated carbocycles. The maximum atomic E-state index is 13.3. The maximum absolute atomic E-state index is 13.3. The zero-order chi connectivity index (χ0) is 13.8. The number of aliphatic hydroxyl groups excluding tert-OH is 1. The van der Waals surface area contributed by atoms with Crippen LogP contribution in [-0.2, 0) is 0 Å². The third-order valence-electron chi connectivity index (χ3n) is 3.60. The molecule has 1 aliphatic carbocycles. The number of nitrogens with one attached hydrogen (secondary N) is 1. The second-order valence-electron chi connectivity index (χ2n) is 4.95. The van der Waals surface area contributed by atoms with Gasteiger partial charge in [-0.3, -0.25) is 4.79 Å². The van der Waals surface area contributed by atoms with Crippen LogP contribution in [0.4, 0.5) is 4.39 Å². The summed E-state index contributed by atoms with van der Waals surface area (Å²) >= 11 is 3.04. The van der Waals surface area contributed by atoms with E-state index in [1.165, 1.54) is 12.1 Å². The predicted molar refractivity (Wildman–Crippen MR) is 74.4 cm³/mol. The number of rotatable bonds is 4. The van der Waals surface area contributed by atoms with E-state index in [4.69, 9.17) is 0 Å². The Morgan fingerprint density at radius 2 is 2.16 bits per heavy atom. The molecule has 104 valence electrons. The van der Waals surface area contributed by atoms with Gasteiger partial charge in [-0.1, -0.05) is 12.8 Å². The molecular weight excluding hydrogens is 313 g/mol. The Bertz CT molecular complexity index is 461. The predicted octanol–water partition coefficient (Wildman–Crippen LogP) is 2.87. The Morgan fingerprint density at radius 1 is 1.47 bits per heavy atom.